The molecule has 2 aromatic carbocycles. The lowest BCUT2D eigenvalue weighted by atomic mass is 9.74. The second-order valence-corrected chi connectivity index (χ2v) is 10.2. The number of alkyl carbamates (subject to hydrolysis) is 1. The van der Waals surface area contributed by atoms with Crippen LogP contribution in [0.3, 0.4) is 0 Å². The quantitative estimate of drug-likeness (QED) is 0.660. The van der Waals surface area contributed by atoms with Crippen molar-refractivity contribution in [3.05, 3.63) is 59.7 Å². The van der Waals surface area contributed by atoms with Crippen LogP contribution in [0, 0.1) is 11.3 Å². The highest BCUT2D eigenvalue weighted by atomic mass is 16.5. The first-order chi connectivity index (χ1) is 16.8. The molecule has 1 aliphatic carbocycles. The number of fused-ring (bicyclic) bond motifs is 3. The smallest absolute Gasteiger partial charge is 0.407 e. The summed E-state index contributed by atoms with van der Waals surface area (Å²) in [6.07, 6.45) is -0.699. The molecule has 5 rings (SSSR count). The Labute approximate surface area is 204 Å². The number of nitrogens with zero attached hydrogens (tertiary/aromatic N) is 1. The molecular formula is C27H30N2O6. The number of carboxylic acids is 1. The van der Waals surface area contributed by atoms with Crippen LogP contribution in [-0.2, 0) is 19.1 Å². The number of hydrogen-bond acceptors (Lipinski definition) is 5. The minimum Gasteiger partial charge on any atom is -0.480 e. The van der Waals surface area contributed by atoms with Gasteiger partial charge >= 0.3 is 12.1 Å². The van der Waals surface area contributed by atoms with E-state index in [0.29, 0.717) is 19.6 Å². The number of aliphatic carboxylic acids is 1. The van der Waals surface area contributed by atoms with Gasteiger partial charge in [0, 0.05) is 36.9 Å². The molecule has 8 heteroatoms. The monoisotopic (exact) mass is 478 g/mol. The van der Waals surface area contributed by atoms with Gasteiger partial charge in [0.2, 0.25) is 0 Å². The van der Waals surface area contributed by atoms with E-state index in [1.807, 2.05) is 38.1 Å². The van der Waals surface area contributed by atoms with Crippen LogP contribution in [0.25, 0.3) is 11.1 Å². The summed E-state index contributed by atoms with van der Waals surface area (Å²) in [5.74, 6) is -1.60. The number of nitrogens with one attached hydrogen (secondary N) is 1. The molecule has 1 unspecified atom stereocenters. The van der Waals surface area contributed by atoms with E-state index in [0.717, 1.165) is 22.3 Å². The summed E-state index contributed by atoms with van der Waals surface area (Å²) in [7, 11) is 0. The molecule has 3 atom stereocenters. The highest BCUT2D eigenvalue weighted by Gasteiger charge is 2.54. The second-order valence-electron chi connectivity index (χ2n) is 10.2. The Balaban J connectivity index is 1.17. The molecule has 2 saturated heterocycles. The number of ether oxygens (including phenoxy) is 2. The van der Waals surface area contributed by atoms with E-state index < -0.39 is 29.6 Å². The van der Waals surface area contributed by atoms with Crippen molar-refractivity contribution >= 4 is 18.0 Å². The van der Waals surface area contributed by atoms with E-state index >= 15 is 0 Å². The molecule has 0 spiro atoms. The third-order valence-corrected chi connectivity index (χ3v) is 7.46. The van der Waals surface area contributed by atoms with Crippen LogP contribution in [0.5, 0.6) is 0 Å². The average Bonchev–Trinajstić information content (AvgIpc) is 3.42. The standard InChI is InChI=1S/C27H30N2O6/c1-27(2)15-29(23(27)25(31)32)24(30)22-16(11-12-34-22)13-28-26(33)35-14-21-19-9-5-3-7-17(19)18-8-4-6-10-20(18)21/h3-10,16,21-23H,11-15H2,1-2H3,(H,28,33)(H,31,32)/t16-,22-,23?/m1/s1. The lowest BCUT2D eigenvalue weighted by molar-refractivity contribution is -0.177. The zero-order chi connectivity index (χ0) is 24.7. The molecule has 2 aliphatic heterocycles. The van der Waals surface area contributed by atoms with Crippen LogP contribution in [0.2, 0.25) is 0 Å². The number of hydrogen-bond donors (Lipinski definition) is 2. The number of carboxylic acid groups (broad SMARTS) is 1. The van der Waals surface area contributed by atoms with Crippen LogP contribution in [0.4, 0.5) is 4.79 Å². The zero-order valence-electron chi connectivity index (χ0n) is 19.9. The Morgan fingerprint density at radius 3 is 2.31 bits per heavy atom. The number of carbonyl (C=O) groups excluding carboxylic acids is 2. The molecule has 3 aliphatic rings. The lowest BCUT2D eigenvalue weighted by Crippen LogP contribution is -2.69. The highest BCUT2D eigenvalue weighted by molar-refractivity contribution is 5.89. The van der Waals surface area contributed by atoms with Gasteiger partial charge in [-0.15, -0.1) is 0 Å². The van der Waals surface area contributed by atoms with Crippen LogP contribution >= 0.6 is 0 Å². The van der Waals surface area contributed by atoms with Gasteiger partial charge in [-0.3, -0.25) is 4.79 Å². The first-order valence-electron chi connectivity index (χ1n) is 12.0. The molecule has 35 heavy (non-hydrogen) atoms. The number of amides is 2. The molecule has 2 N–H and O–H groups in total. The van der Waals surface area contributed by atoms with Gasteiger partial charge in [0.25, 0.3) is 5.91 Å². The van der Waals surface area contributed by atoms with Crippen molar-refractivity contribution in [1.82, 2.24) is 10.2 Å². The van der Waals surface area contributed by atoms with Gasteiger partial charge in [-0.2, -0.15) is 0 Å². The maximum absolute atomic E-state index is 13.0. The molecule has 0 radical (unpaired) electrons. The molecule has 184 valence electrons. The minimum atomic E-state index is -1.01. The van der Waals surface area contributed by atoms with Gasteiger partial charge in [-0.05, 0) is 28.7 Å². The molecule has 2 heterocycles. The minimum absolute atomic E-state index is 0.0278. The van der Waals surface area contributed by atoms with E-state index in [1.54, 1.807) is 0 Å². The van der Waals surface area contributed by atoms with E-state index in [-0.39, 0.29) is 30.9 Å². The van der Waals surface area contributed by atoms with Crippen LogP contribution in [0.1, 0.15) is 37.3 Å². The molecule has 2 fully saturated rings. The molecular weight excluding hydrogens is 448 g/mol. The Morgan fingerprint density at radius 1 is 1.09 bits per heavy atom. The maximum atomic E-state index is 13.0. The number of likely N-dealkylation sites (tertiary alicyclic amines) is 1. The normalized spacial score (nSPS) is 24.3. The van der Waals surface area contributed by atoms with Crippen molar-refractivity contribution in [2.45, 2.75) is 38.3 Å². The fraction of sp³-hybridized carbons (Fsp3) is 0.444. The number of benzene rings is 2. The summed E-state index contributed by atoms with van der Waals surface area (Å²) >= 11 is 0. The fourth-order valence-electron chi connectivity index (χ4n) is 5.74. The summed E-state index contributed by atoms with van der Waals surface area (Å²) in [5.41, 5.74) is 4.13. The average molecular weight is 479 g/mol. The van der Waals surface area contributed by atoms with Crippen LogP contribution < -0.4 is 5.32 Å². The molecule has 0 saturated carbocycles. The first-order valence-corrected chi connectivity index (χ1v) is 12.0. The number of rotatable bonds is 6. The third kappa shape index (κ3) is 4.16. The zero-order valence-corrected chi connectivity index (χ0v) is 19.9. The molecule has 8 nitrogen and oxygen atoms in total. The lowest BCUT2D eigenvalue weighted by Gasteiger charge is -2.52. The van der Waals surface area contributed by atoms with E-state index in [4.69, 9.17) is 9.47 Å². The van der Waals surface area contributed by atoms with Gasteiger partial charge in [0.15, 0.2) is 0 Å². The summed E-state index contributed by atoms with van der Waals surface area (Å²) in [6.45, 7) is 4.87. The maximum Gasteiger partial charge on any atom is 0.407 e. The summed E-state index contributed by atoms with van der Waals surface area (Å²) in [6, 6.07) is 15.4. The van der Waals surface area contributed by atoms with Gasteiger partial charge in [-0.1, -0.05) is 62.4 Å². The van der Waals surface area contributed by atoms with Crippen molar-refractivity contribution in [2.24, 2.45) is 11.3 Å². The number of carbonyl (C=O) groups is 3. The summed E-state index contributed by atoms with van der Waals surface area (Å²) < 4.78 is 11.2. The Hall–Kier alpha value is -3.39. The van der Waals surface area contributed by atoms with Crippen molar-refractivity contribution in [3.63, 3.8) is 0 Å². The third-order valence-electron chi connectivity index (χ3n) is 7.46. The first kappa shape index (κ1) is 23.4. The molecule has 2 aromatic rings. The van der Waals surface area contributed by atoms with Gasteiger partial charge < -0.3 is 24.8 Å². The van der Waals surface area contributed by atoms with E-state index in [1.165, 1.54) is 4.90 Å². The summed E-state index contributed by atoms with van der Waals surface area (Å²) in [5, 5.41) is 12.3. The van der Waals surface area contributed by atoms with Crippen LogP contribution in [0.15, 0.2) is 48.5 Å². The van der Waals surface area contributed by atoms with Crippen LogP contribution in [-0.4, -0.2) is 66.4 Å². The van der Waals surface area contributed by atoms with Crippen molar-refractivity contribution in [2.75, 3.05) is 26.3 Å². The van der Waals surface area contributed by atoms with Crippen molar-refractivity contribution < 1.29 is 29.0 Å². The van der Waals surface area contributed by atoms with Gasteiger partial charge in [0.1, 0.15) is 18.8 Å². The van der Waals surface area contributed by atoms with E-state index in [9.17, 15) is 19.5 Å². The molecule has 2 amide bonds. The van der Waals surface area contributed by atoms with Gasteiger partial charge in [-0.25, -0.2) is 9.59 Å². The SMILES string of the molecule is CC1(C)CN(C(=O)[C@@H]2OCC[C@@H]2CNC(=O)OCC2c3ccccc3-c3ccccc32)C1C(=O)O. The Bertz CT molecular complexity index is 1120. The highest BCUT2D eigenvalue weighted by Crippen LogP contribution is 2.44. The fourth-order valence-corrected chi connectivity index (χ4v) is 5.74. The topological polar surface area (TPSA) is 105 Å². The van der Waals surface area contributed by atoms with E-state index in [2.05, 4.69) is 29.6 Å². The van der Waals surface area contributed by atoms with Crippen molar-refractivity contribution in [1.29, 1.82) is 0 Å². The Kier molecular flexibility index (Phi) is 6.01. The Morgan fingerprint density at radius 2 is 1.71 bits per heavy atom. The van der Waals surface area contributed by atoms with Gasteiger partial charge in [0.05, 0.1) is 0 Å². The largest absolute Gasteiger partial charge is 0.480 e. The molecule has 0 aromatic heterocycles. The molecule has 0 bridgehead atoms. The van der Waals surface area contributed by atoms with Crippen molar-refractivity contribution in [3.8, 4) is 11.1 Å². The second kappa shape index (κ2) is 9.00. The predicted octanol–water partition coefficient (Wildman–Crippen LogP) is 3.25. The summed E-state index contributed by atoms with van der Waals surface area (Å²) in [4.78, 5) is 38.6. The predicted molar refractivity (Wildman–Crippen MR) is 128 cm³/mol.